The van der Waals surface area contributed by atoms with Gasteiger partial charge in [-0.05, 0) is 70.5 Å². The van der Waals surface area contributed by atoms with Crippen LogP contribution in [-0.2, 0) is 6.18 Å². The summed E-state index contributed by atoms with van der Waals surface area (Å²) in [6.45, 7) is 4.54. The first-order valence-corrected chi connectivity index (χ1v) is 9.35. The van der Waals surface area contributed by atoms with Gasteiger partial charge in [0.25, 0.3) is 0 Å². The van der Waals surface area contributed by atoms with Gasteiger partial charge in [0.05, 0.1) is 5.56 Å². The quantitative estimate of drug-likeness (QED) is 0.737. The molecule has 3 rings (SSSR count). The summed E-state index contributed by atoms with van der Waals surface area (Å²) in [5, 5.41) is 3.24. The average Bonchev–Trinajstić information content (AvgIpc) is 2.64. The molecule has 0 saturated heterocycles. The molecule has 2 aromatic heterocycles. The standard InChI is InChI=1S/C8H17N.C7H6F3N.C6H7N/c1-9-7-8-5-3-2-4-6-8;1-5-6(7(8,9)10)3-2-4-11-5;1-6-4-2-3-5-7-6/h8-9H,2-7H2,1H3;2-4H,1H3;2-5H,1H3. The minimum absolute atomic E-state index is 0.0139. The third-order valence-electron chi connectivity index (χ3n) is 4.34. The summed E-state index contributed by atoms with van der Waals surface area (Å²) in [5.41, 5.74) is 0.419. The molecule has 1 aliphatic rings. The van der Waals surface area contributed by atoms with E-state index >= 15 is 0 Å². The first-order valence-electron chi connectivity index (χ1n) is 9.35. The molecule has 0 unspecified atom stereocenters. The second-order valence-electron chi connectivity index (χ2n) is 6.67. The Morgan fingerprint density at radius 3 is 2.04 bits per heavy atom. The maximum atomic E-state index is 12.0. The highest BCUT2D eigenvalue weighted by Gasteiger charge is 2.32. The number of hydrogen-bond donors (Lipinski definition) is 1. The lowest BCUT2D eigenvalue weighted by atomic mass is 9.89. The second kappa shape index (κ2) is 12.4. The van der Waals surface area contributed by atoms with Crippen molar-refractivity contribution >= 4 is 0 Å². The summed E-state index contributed by atoms with van der Waals surface area (Å²) >= 11 is 0. The highest BCUT2D eigenvalue weighted by atomic mass is 19.4. The molecule has 0 aromatic carbocycles. The Morgan fingerprint density at radius 2 is 1.63 bits per heavy atom. The minimum Gasteiger partial charge on any atom is -0.319 e. The van der Waals surface area contributed by atoms with Crippen molar-refractivity contribution in [1.82, 2.24) is 15.3 Å². The normalized spacial score (nSPS) is 14.4. The van der Waals surface area contributed by atoms with Crippen LogP contribution >= 0.6 is 0 Å². The summed E-state index contributed by atoms with van der Waals surface area (Å²) in [6, 6.07) is 8.15. The molecule has 1 N–H and O–H groups in total. The topological polar surface area (TPSA) is 37.8 Å². The van der Waals surface area contributed by atoms with Crippen LogP contribution in [0.5, 0.6) is 0 Å². The van der Waals surface area contributed by atoms with Crippen LogP contribution in [0.4, 0.5) is 13.2 Å². The summed E-state index contributed by atoms with van der Waals surface area (Å²) in [6.07, 6.45) is 6.17. The Morgan fingerprint density at radius 1 is 0.963 bits per heavy atom. The zero-order valence-electron chi connectivity index (χ0n) is 16.4. The average molecular weight is 381 g/mol. The zero-order valence-corrected chi connectivity index (χ0v) is 16.4. The monoisotopic (exact) mass is 381 g/mol. The van der Waals surface area contributed by atoms with Gasteiger partial charge in [0.2, 0.25) is 0 Å². The predicted octanol–water partition coefficient (Wildman–Crippen LogP) is 5.58. The summed E-state index contributed by atoms with van der Waals surface area (Å²) in [5.74, 6) is 0.990. The van der Waals surface area contributed by atoms with E-state index in [1.54, 1.807) is 6.20 Å². The Hall–Kier alpha value is -1.95. The molecular weight excluding hydrogens is 351 g/mol. The third kappa shape index (κ3) is 10.1. The molecule has 1 fully saturated rings. The van der Waals surface area contributed by atoms with Gasteiger partial charge in [-0.3, -0.25) is 9.97 Å². The Balaban J connectivity index is 0.000000208. The van der Waals surface area contributed by atoms with Gasteiger partial charge < -0.3 is 5.32 Å². The van der Waals surface area contributed by atoms with Crippen LogP contribution in [0, 0.1) is 19.8 Å². The Bertz CT molecular complexity index is 621. The van der Waals surface area contributed by atoms with Crippen molar-refractivity contribution in [2.24, 2.45) is 5.92 Å². The highest BCUT2D eigenvalue weighted by molar-refractivity contribution is 5.21. The van der Waals surface area contributed by atoms with E-state index < -0.39 is 11.7 Å². The highest BCUT2D eigenvalue weighted by Crippen LogP contribution is 2.30. The van der Waals surface area contributed by atoms with Gasteiger partial charge in [-0.25, -0.2) is 0 Å². The maximum absolute atomic E-state index is 12.0. The van der Waals surface area contributed by atoms with Crippen LogP contribution in [0.25, 0.3) is 0 Å². The molecule has 6 heteroatoms. The molecule has 2 heterocycles. The number of alkyl halides is 3. The molecule has 0 bridgehead atoms. The van der Waals surface area contributed by atoms with E-state index in [4.69, 9.17) is 0 Å². The number of aryl methyl sites for hydroxylation is 2. The number of hydrogen-bond acceptors (Lipinski definition) is 3. The number of pyridine rings is 2. The molecule has 2 aromatic rings. The van der Waals surface area contributed by atoms with Crippen molar-refractivity contribution in [3.8, 4) is 0 Å². The summed E-state index contributed by atoms with van der Waals surface area (Å²) in [4.78, 5) is 7.50. The lowest BCUT2D eigenvalue weighted by Crippen LogP contribution is -2.20. The molecule has 3 nitrogen and oxygen atoms in total. The maximum Gasteiger partial charge on any atom is 0.418 e. The summed E-state index contributed by atoms with van der Waals surface area (Å²) < 4.78 is 36.0. The molecule has 0 spiro atoms. The van der Waals surface area contributed by atoms with E-state index in [1.165, 1.54) is 57.8 Å². The number of nitrogens with one attached hydrogen (secondary N) is 1. The van der Waals surface area contributed by atoms with Crippen LogP contribution < -0.4 is 5.32 Å². The molecule has 0 aliphatic heterocycles. The SMILES string of the molecule is CNCC1CCCCC1.Cc1ccccn1.Cc1ncccc1C(F)(F)F. The minimum atomic E-state index is -4.28. The molecule has 0 amide bonds. The second-order valence-corrected chi connectivity index (χ2v) is 6.67. The number of halogens is 3. The van der Waals surface area contributed by atoms with E-state index in [0.29, 0.717) is 0 Å². The smallest absolute Gasteiger partial charge is 0.319 e. The fourth-order valence-electron chi connectivity index (χ4n) is 2.91. The van der Waals surface area contributed by atoms with Crippen LogP contribution in [0.15, 0.2) is 42.7 Å². The van der Waals surface area contributed by atoms with Gasteiger partial charge in [-0.2, -0.15) is 13.2 Å². The van der Waals surface area contributed by atoms with Gasteiger partial charge in [0.15, 0.2) is 0 Å². The van der Waals surface area contributed by atoms with Gasteiger partial charge in [-0.15, -0.1) is 0 Å². The van der Waals surface area contributed by atoms with Crippen LogP contribution in [0.2, 0.25) is 0 Å². The molecule has 1 aliphatic carbocycles. The molecule has 0 radical (unpaired) electrons. The fourth-order valence-corrected chi connectivity index (χ4v) is 2.91. The first kappa shape index (κ1) is 23.1. The number of rotatable bonds is 2. The van der Waals surface area contributed by atoms with Gasteiger partial charge in [0.1, 0.15) is 0 Å². The van der Waals surface area contributed by atoms with E-state index in [0.717, 1.165) is 17.7 Å². The van der Waals surface area contributed by atoms with Gasteiger partial charge >= 0.3 is 6.18 Å². The van der Waals surface area contributed by atoms with Gasteiger partial charge in [-0.1, -0.05) is 25.3 Å². The van der Waals surface area contributed by atoms with Crippen LogP contribution in [-0.4, -0.2) is 23.6 Å². The van der Waals surface area contributed by atoms with Crippen molar-refractivity contribution in [1.29, 1.82) is 0 Å². The number of aromatic nitrogens is 2. The van der Waals surface area contributed by atoms with Crippen molar-refractivity contribution in [2.45, 2.75) is 52.1 Å². The summed E-state index contributed by atoms with van der Waals surface area (Å²) in [7, 11) is 2.05. The predicted molar refractivity (Wildman–Crippen MR) is 103 cm³/mol. The Kier molecular flexibility index (Phi) is 10.6. The number of nitrogens with zero attached hydrogens (tertiary/aromatic N) is 2. The van der Waals surface area contributed by atoms with E-state index in [-0.39, 0.29) is 5.69 Å². The Labute approximate surface area is 160 Å². The lowest BCUT2D eigenvalue weighted by Gasteiger charge is -2.20. The van der Waals surface area contributed by atoms with Crippen molar-refractivity contribution < 1.29 is 13.2 Å². The molecule has 150 valence electrons. The van der Waals surface area contributed by atoms with Crippen LogP contribution in [0.3, 0.4) is 0 Å². The fraction of sp³-hybridized carbons (Fsp3) is 0.524. The first-order chi connectivity index (χ1) is 12.8. The zero-order chi connectivity index (χ0) is 20.1. The van der Waals surface area contributed by atoms with Gasteiger partial charge in [0, 0.05) is 23.8 Å². The lowest BCUT2D eigenvalue weighted by molar-refractivity contribution is -0.138. The van der Waals surface area contributed by atoms with Crippen molar-refractivity contribution in [3.63, 3.8) is 0 Å². The van der Waals surface area contributed by atoms with Crippen molar-refractivity contribution in [2.75, 3.05) is 13.6 Å². The largest absolute Gasteiger partial charge is 0.418 e. The molecule has 1 saturated carbocycles. The van der Waals surface area contributed by atoms with Crippen LogP contribution in [0.1, 0.15) is 49.1 Å². The van der Waals surface area contributed by atoms with E-state index in [1.807, 2.05) is 25.1 Å². The van der Waals surface area contributed by atoms with E-state index in [2.05, 4.69) is 22.3 Å². The molecular formula is C21H30F3N3. The third-order valence-corrected chi connectivity index (χ3v) is 4.34. The van der Waals surface area contributed by atoms with E-state index in [9.17, 15) is 13.2 Å². The van der Waals surface area contributed by atoms with Crippen molar-refractivity contribution in [3.05, 3.63) is 59.7 Å². The molecule has 27 heavy (non-hydrogen) atoms. The molecule has 0 atom stereocenters.